The molecular weight excluding hydrogens is 212 g/mol. The molecule has 0 heterocycles. The van der Waals surface area contributed by atoms with Crippen molar-refractivity contribution in [3.8, 4) is 12.3 Å². The molecule has 90 valence electrons. The molecule has 0 spiro atoms. The van der Waals surface area contributed by atoms with Crippen LogP contribution in [-0.2, 0) is 14.3 Å². The van der Waals surface area contributed by atoms with E-state index in [1.54, 1.807) is 0 Å². The Balaban J connectivity index is 4.42. The highest BCUT2D eigenvalue weighted by Gasteiger charge is 2.21. The Hall–Kier alpha value is -1.58. The summed E-state index contributed by atoms with van der Waals surface area (Å²) in [5, 5.41) is 8.63. The average molecular weight is 228 g/mol. The van der Waals surface area contributed by atoms with Gasteiger partial charge in [-0.15, -0.1) is 12.3 Å². The van der Waals surface area contributed by atoms with Gasteiger partial charge in [0, 0.05) is 20.1 Å². The summed E-state index contributed by atoms with van der Waals surface area (Å²) in [7, 11) is 1.46. The first kappa shape index (κ1) is 14.4. The number of carboxylic acids is 1. The fraction of sp³-hybridized carbons (Fsp3) is 0.600. The molecular formula is C10H16N2O4. The summed E-state index contributed by atoms with van der Waals surface area (Å²) in [6, 6.07) is -0.860. The number of nitrogens with two attached hydrogens (primary N) is 1. The van der Waals surface area contributed by atoms with Crippen LogP contribution in [0.5, 0.6) is 0 Å². The third kappa shape index (κ3) is 5.34. The second kappa shape index (κ2) is 7.68. The van der Waals surface area contributed by atoms with Gasteiger partial charge >= 0.3 is 5.97 Å². The number of hydrogen-bond acceptors (Lipinski definition) is 4. The maximum atomic E-state index is 11.7. The van der Waals surface area contributed by atoms with Gasteiger partial charge in [0.1, 0.15) is 6.54 Å². The first-order valence-electron chi connectivity index (χ1n) is 4.71. The van der Waals surface area contributed by atoms with E-state index in [1.807, 2.05) is 0 Å². The highest BCUT2D eigenvalue weighted by molar-refractivity contribution is 5.85. The molecule has 0 aromatic rings. The van der Waals surface area contributed by atoms with E-state index in [1.165, 1.54) is 7.11 Å². The molecule has 16 heavy (non-hydrogen) atoms. The van der Waals surface area contributed by atoms with Gasteiger partial charge in [0.15, 0.2) is 0 Å². The molecule has 0 aliphatic rings. The van der Waals surface area contributed by atoms with Crippen molar-refractivity contribution < 1.29 is 19.4 Å². The van der Waals surface area contributed by atoms with Crippen LogP contribution in [0.1, 0.15) is 6.42 Å². The molecule has 0 rings (SSSR count). The predicted molar refractivity (Wildman–Crippen MR) is 57.5 cm³/mol. The molecule has 3 N–H and O–H groups in total. The highest BCUT2D eigenvalue weighted by atomic mass is 16.5. The Bertz CT molecular complexity index is 285. The molecule has 0 radical (unpaired) electrons. The lowest BCUT2D eigenvalue weighted by molar-refractivity contribution is -0.145. The maximum Gasteiger partial charge on any atom is 0.323 e. The molecule has 0 saturated carbocycles. The summed E-state index contributed by atoms with van der Waals surface area (Å²) < 4.78 is 4.78. The molecule has 0 aliphatic carbocycles. The van der Waals surface area contributed by atoms with E-state index in [-0.39, 0.29) is 19.6 Å². The molecule has 6 nitrogen and oxygen atoms in total. The van der Waals surface area contributed by atoms with Crippen LogP contribution in [0.2, 0.25) is 0 Å². The normalized spacial score (nSPS) is 11.6. The van der Waals surface area contributed by atoms with Crippen molar-refractivity contribution in [3.63, 3.8) is 0 Å². The first-order valence-corrected chi connectivity index (χ1v) is 4.71. The number of hydrogen-bond donors (Lipinski definition) is 2. The number of rotatable bonds is 7. The first-order chi connectivity index (χ1) is 7.52. The van der Waals surface area contributed by atoms with Gasteiger partial charge in [-0.3, -0.25) is 9.59 Å². The van der Waals surface area contributed by atoms with Crippen molar-refractivity contribution in [2.75, 3.05) is 26.8 Å². The van der Waals surface area contributed by atoms with E-state index >= 15 is 0 Å². The zero-order valence-corrected chi connectivity index (χ0v) is 9.18. The van der Waals surface area contributed by atoms with Gasteiger partial charge in [-0.1, -0.05) is 0 Å². The van der Waals surface area contributed by atoms with Crippen molar-refractivity contribution in [1.29, 1.82) is 0 Å². The quantitative estimate of drug-likeness (QED) is 0.539. The number of methoxy groups -OCH3 is 1. The van der Waals surface area contributed by atoms with Crippen LogP contribution in [-0.4, -0.2) is 54.7 Å². The van der Waals surface area contributed by atoms with Gasteiger partial charge in [0.2, 0.25) is 5.91 Å². The number of ether oxygens (including phenoxy) is 1. The maximum absolute atomic E-state index is 11.7. The molecule has 1 unspecified atom stereocenters. The van der Waals surface area contributed by atoms with E-state index in [0.29, 0.717) is 0 Å². The second-order valence-electron chi connectivity index (χ2n) is 3.16. The standard InChI is InChI=1S/C10H16N2O4/c1-3-4-8(11)10(15)12(5-6-16-2)7-9(13)14/h1,8H,4-7,11H2,2H3,(H,13,14). The smallest absolute Gasteiger partial charge is 0.323 e. The number of carbonyl (C=O) groups is 2. The third-order valence-electron chi connectivity index (χ3n) is 1.86. The minimum absolute atomic E-state index is 0.0853. The Kier molecular flexibility index (Phi) is 6.92. The summed E-state index contributed by atoms with van der Waals surface area (Å²) in [6.07, 6.45) is 5.11. The second-order valence-corrected chi connectivity index (χ2v) is 3.16. The van der Waals surface area contributed by atoms with Crippen molar-refractivity contribution >= 4 is 11.9 Å². The molecule has 0 bridgehead atoms. The van der Waals surface area contributed by atoms with Crippen molar-refractivity contribution in [2.24, 2.45) is 5.73 Å². The highest BCUT2D eigenvalue weighted by Crippen LogP contribution is 1.97. The molecule has 0 aliphatic heterocycles. The van der Waals surface area contributed by atoms with Gasteiger partial charge < -0.3 is 20.5 Å². The summed E-state index contributed by atoms with van der Waals surface area (Å²) in [4.78, 5) is 23.3. The molecule has 0 saturated heterocycles. The lowest BCUT2D eigenvalue weighted by atomic mass is 10.2. The number of aliphatic carboxylic acids is 1. The summed E-state index contributed by atoms with van der Waals surface area (Å²) >= 11 is 0. The fourth-order valence-electron chi connectivity index (χ4n) is 1.08. The van der Waals surface area contributed by atoms with E-state index in [4.69, 9.17) is 22.0 Å². The SMILES string of the molecule is C#CCC(N)C(=O)N(CCOC)CC(=O)O. The van der Waals surface area contributed by atoms with Gasteiger partial charge in [-0.05, 0) is 0 Å². The van der Waals surface area contributed by atoms with Gasteiger partial charge in [0.05, 0.1) is 12.6 Å². The molecule has 1 amide bonds. The van der Waals surface area contributed by atoms with Crippen LogP contribution in [0, 0.1) is 12.3 Å². The number of terminal acetylenes is 1. The van der Waals surface area contributed by atoms with Crippen molar-refractivity contribution in [2.45, 2.75) is 12.5 Å². The van der Waals surface area contributed by atoms with Gasteiger partial charge in [-0.25, -0.2) is 0 Å². The van der Waals surface area contributed by atoms with Crippen LogP contribution < -0.4 is 5.73 Å². The van der Waals surface area contributed by atoms with Crippen LogP contribution in [0.4, 0.5) is 0 Å². The molecule has 6 heteroatoms. The number of amides is 1. The number of carboxylic acid groups (broad SMARTS) is 1. The van der Waals surface area contributed by atoms with Crippen molar-refractivity contribution in [1.82, 2.24) is 4.90 Å². The van der Waals surface area contributed by atoms with E-state index in [0.717, 1.165) is 4.90 Å². The van der Waals surface area contributed by atoms with Crippen molar-refractivity contribution in [3.05, 3.63) is 0 Å². The Labute approximate surface area is 94.4 Å². The van der Waals surface area contributed by atoms with Gasteiger partial charge in [-0.2, -0.15) is 0 Å². The van der Waals surface area contributed by atoms with Crippen LogP contribution in [0.25, 0.3) is 0 Å². The Morgan fingerprint density at radius 3 is 2.69 bits per heavy atom. The Morgan fingerprint density at radius 2 is 2.25 bits per heavy atom. The lowest BCUT2D eigenvalue weighted by Gasteiger charge is -2.22. The summed E-state index contributed by atoms with van der Waals surface area (Å²) in [5.74, 6) is 0.687. The summed E-state index contributed by atoms with van der Waals surface area (Å²) in [5.41, 5.74) is 5.51. The minimum atomic E-state index is -1.10. The third-order valence-corrected chi connectivity index (χ3v) is 1.86. The molecule has 0 aromatic carbocycles. The average Bonchev–Trinajstić information content (AvgIpc) is 2.23. The monoisotopic (exact) mass is 228 g/mol. The Morgan fingerprint density at radius 1 is 1.62 bits per heavy atom. The predicted octanol–water partition coefficient (Wildman–Crippen LogP) is -1.10. The van der Waals surface area contributed by atoms with Crippen LogP contribution >= 0.6 is 0 Å². The zero-order valence-electron chi connectivity index (χ0n) is 9.18. The lowest BCUT2D eigenvalue weighted by Crippen LogP contribution is -2.47. The minimum Gasteiger partial charge on any atom is -0.480 e. The largest absolute Gasteiger partial charge is 0.480 e. The summed E-state index contributed by atoms with van der Waals surface area (Å²) in [6.45, 7) is 0.0299. The molecule has 0 fully saturated rings. The molecule has 0 aromatic heterocycles. The van der Waals surface area contributed by atoms with E-state index < -0.39 is 24.5 Å². The van der Waals surface area contributed by atoms with Crippen LogP contribution in [0.3, 0.4) is 0 Å². The number of carbonyl (C=O) groups excluding carboxylic acids is 1. The fourth-order valence-corrected chi connectivity index (χ4v) is 1.08. The van der Waals surface area contributed by atoms with E-state index in [9.17, 15) is 9.59 Å². The number of nitrogens with zero attached hydrogens (tertiary/aromatic N) is 1. The topological polar surface area (TPSA) is 92.9 Å². The molecule has 1 atom stereocenters. The van der Waals surface area contributed by atoms with Gasteiger partial charge in [0.25, 0.3) is 0 Å². The zero-order chi connectivity index (χ0) is 12.6. The van der Waals surface area contributed by atoms with Crippen LogP contribution in [0.15, 0.2) is 0 Å². The van der Waals surface area contributed by atoms with E-state index in [2.05, 4.69) is 5.92 Å².